The monoisotopic (exact) mass is 536 g/mol. The van der Waals surface area contributed by atoms with Gasteiger partial charge in [0.15, 0.2) is 5.78 Å². The fraction of sp³-hybridized carbons (Fsp3) is 0.743. The number of carbonyl (C=O) groups is 1. The van der Waals surface area contributed by atoms with Crippen LogP contribution in [0.25, 0.3) is 0 Å². The lowest BCUT2D eigenvalue weighted by Crippen LogP contribution is -2.56. The molecular formula is C35H52O2S. The first-order valence-corrected chi connectivity index (χ1v) is 16.9. The van der Waals surface area contributed by atoms with E-state index in [1.807, 2.05) is 11.8 Å². The van der Waals surface area contributed by atoms with Crippen molar-refractivity contribution >= 4 is 17.5 Å². The Morgan fingerprint density at radius 2 is 1.55 bits per heavy atom. The van der Waals surface area contributed by atoms with E-state index in [1.54, 1.807) is 0 Å². The van der Waals surface area contributed by atoms with Gasteiger partial charge in [0.1, 0.15) is 0 Å². The highest BCUT2D eigenvalue weighted by Gasteiger charge is 2.64. The van der Waals surface area contributed by atoms with Gasteiger partial charge in [-0.3, -0.25) is 4.79 Å². The van der Waals surface area contributed by atoms with Crippen molar-refractivity contribution in [1.29, 1.82) is 0 Å². The van der Waals surface area contributed by atoms with Gasteiger partial charge in [-0.25, -0.2) is 0 Å². The van der Waals surface area contributed by atoms with Crippen LogP contribution in [0.4, 0.5) is 0 Å². The van der Waals surface area contributed by atoms with Gasteiger partial charge in [-0.15, -0.1) is 11.8 Å². The van der Waals surface area contributed by atoms with Crippen LogP contribution in [-0.2, 0) is 4.79 Å². The molecule has 0 aliphatic heterocycles. The summed E-state index contributed by atoms with van der Waals surface area (Å²) in [4.78, 5) is 13.8. The zero-order valence-corrected chi connectivity index (χ0v) is 25.2. The minimum absolute atomic E-state index is 0.0628. The summed E-state index contributed by atoms with van der Waals surface area (Å²) in [6, 6.07) is 10.8. The molecule has 0 radical (unpaired) electrons. The molecule has 5 rings (SSSR count). The Bertz CT molecular complexity index is 983. The number of benzene rings is 1. The maximum Gasteiger partial charge on any atom is 0.155 e. The smallest absolute Gasteiger partial charge is 0.155 e. The third kappa shape index (κ3) is 5.58. The molecule has 3 saturated carbocycles. The highest BCUT2D eigenvalue weighted by molar-refractivity contribution is 7.99. The van der Waals surface area contributed by atoms with Gasteiger partial charge < -0.3 is 5.11 Å². The normalized spacial score (nSPS) is 38.3. The Morgan fingerprint density at radius 3 is 2.32 bits per heavy atom. The number of hydrogen-bond acceptors (Lipinski definition) is 3. The highest BCUT2D eigenvalue weighted by Crippen LogP contribution is 2.69. The number of carbonyl (C=O) groups excluding carboxylic acids is 1. The Labute approximate surface area is 236 Å². The molecule has 1 N–H and O–H groups in total. The van der Waals surface area contributed by atoms with Crippen molar-refractivity contribution in [1.82, 2.24) is 0 Å². The van der Waals surface area contributed by atoms with Crippen molar-refractivity contribution in [2.75, 3.05) is 5.75 Å². The van der Waals surface area contributed by atoms with Crippen LogP contribution in [-0.4, -0.2) is 22.2 Å². The van der Waals surface area contributed by atoms with Crippen LogP contribution in [0.5, 0.6) is 0 Å². The summed E-state index contributed by atoms with van der Waals surface area (Å²) in [5, 5.41) is 11.4. The average molecular weight is 537 g/mol. The molecule has 7 atom stereocenters. The van der Waals surface area contributed by atoms with Gasteiger partial charge in [-0.1, -0.05) is 76.1 Å². The van der Waals surface area contributed by atoms with Gasteiger partial charge in [-0.05, 0) is 117 Å². The van der Waals surface area contributed by atoms with Crippen LogP contribution in [0.1, 0.15) is 117 Å². The summed E-state index contributed by atoms with van der Waals surface area (Å²) in [5.74, 6) is 4.35. The van der Waals surface area contributed by atoms with Crippen LogP contribution in [0.3, 0.4) is 0 Å². The summed E-state index contributed by atoms with van der Waals surface area (Å²) in [5.41, 5.74) is 1.24. The number of thioether (sulfide) groups is 1. The Kier molecular flexibility index (Phi) is 8.85. The molecule has 2 nitrogen and oxygen atoms in total. The quantitative estimate of drug-likeness (QED) is 0.226. The maximum atomic E-state index is 12.4. The topological polar surface area (TPSA) is 37.3 Å². The minimum Gasteiger partial charge on any atom is -0.390 e. The summed E-state index contributed by atoms with van der Waals surface area (Å²) < 4.78 is 0. The van der Waals surface area contributed by atoms with Gasteiger partial charge in [0.2, 0.25) is 0 Å². The van der Waals surface area contributed by atoms with Crippen LogP contribution < -0.4 is 0 Å². The molecule has 3 fully saturated rings. The molecule has 1 aromatic carbocycles. The van der Waals surface area contributed by atoms with E-state index in [1.165, 1.54) is 80.4 Å². The maximum absolute atomic E-state index is 12.4. The number of unbranched alkanes of at least 4 members (excludes halogenated alkanes) is 6. The van der Waals surface area contributed by atoms with Crippen molar-refractivity contribution in [3.63, 3.8) is 0 Å². The first-order chi connectivity index (χ1) is 18.2. The zero-order valence-electron chi connectivity index (χ0n) is 24.4. The fourth-order valence-corrected chi connectivity index (χ4v) is 10.3. The van der Waals surface area contributed by atoms with Crippen LogP contribution in [0, 0.1) is 34.5 Å². The Balaban J connectivity index is 1.12. The highest BCUT2D eigenvalue weighted by atomic mass is 32.2. The standard InChI is InChI=1S/C35H52O2S/c1-33-20-17-28(36)25-27(33)24-26(32-30(33)18-21-34(2)31(32)19-22-35(34,3)37)14-10-7-5-4-6-8-13-23-38-29-15-11-9-12-16-29/h9,11-12,15-16,25-26,30-32,37H,4-8,10,13-14,17-24H2,1-3H3/t26?,30-,31+,32-,33+,34+,35?/m1/s1. The predicted molar refractivity (Wildman–Crippen MR) is 160 cm³/mol. The Morgan fingerprint density at radius 1 is 0.868 bits per heavy atom. The molecular weight excluding hydrogens is 484 g/mol. The van der Waals surface area contributed by atoms with E-state index in [2.05, 4.69) is 57.2 Å². The summed E-state index contributed by atoms with van der Waals surface area (Å²) >= 11 is 1.99. The first-order valence-electron chi connectivity index (χ1n) is 15.9. The molecule has 38 heavy (non-hydrogen) atoms. The second kappa shape index (κ2) is 11.8. The number of hydrogen-bond donors (Lipinski definition) is 1. The van der Waals surface area contributed by atoms with Crippen LogP contribution in [0.2, 0.25) is 0 Å². The third-order valence-electron chi connectivity index (χ3n) is 11.9. The summed E-state index contributed by atoms with van der Waals surface area (Å²) in [6.45, 7) is 7.03. The zero-order chi connectivity index (χ0) is 26.8. The number of ketones is 1. The van der Waals surface area contributed by atoms with Gasteiger partial charge >= 0.3 is 0 Å². The number of aliphatic hydroxyl groups is 1. The van der Waals surface area contributed by atoms with E-state index in [-0.39, 0.29) is 10.8 Å². The molecule has 4 aliphatic carbocycles. The summed E-state index contributed by atoms with van der Waals surface area (Å²) in [6.07, 6.45) is 20.3. The van der Waals surface area contributed by atoms with E-state index < -0.39 is 5.60 Å². The molecule has 1 aromatic rings. The van der Waals surface area contributed by atoms with E-state index in [4.69, 9.17) is 0 Å². The first kappa shape index (κ1) is 28.5. The van der Waals surface area contributed by atoms with Crippen LogP contribution >= 0.6 is 11.8 Å². The van der Waals surface area contributed by atoms with Crippen molar-refractivity contribution in [3.05, 3.63) is 42.0 Å². The molecule has 2 unspecified atom stereocenters. The molecule has 0 spiro atoms. The molecule has 0 saturated heterocycles. The molecule has 4 aliphatic rings. The molecule has 0 aromatic heterocycles. The lowest BCUT2D eigenvalue weighted by atomic mass is 9.44. The van der Waals surface area contributed by atoms with Crippen LogP contribution in [0.15, 0.2) is 46.9 Å². The third-order valence-corrected chi connectivity index (χ3v) is 13.0. The van der Waals surface area contributed by atoms with Crippen molar-refractivity contribution in [2.45, 2.75) is 128 Å². The van der Waals surface area contributed by atoms with E-state index in [9.17, 15) is 9.90 Å². The van der Waals surface area contributed by atoms with Gasteiger partial charge in [0, 0.05) is 11.3 Å². The van der Waals surface area contributed by atoms with E-state index in [0.29, 0.717) is 23.5 Å². The summed E-state index contributed by atoms with van der Waals surface area (Å²) in [7, 11) is 0. The molecule has 0 amide bonds. The molecule has 0 bridgehead atoms. The fourth-order valence-electron chi connectivity index (χ4n) is 9.34. The Hall–Kier alpha value is -1.06. The van der Waals surface area contributed by atoms with Crippen molar-refractivity contribution < 1.29 is 9.90 Å². The van der Waals surface area contributed by atoms with E-state index in [0.717, 1.165) is 38.0 Å². The molecule has 3 heteroatoms. The predicted octanol–water partition coefficient (Wildman–Crippen LogP) is 9.41. The number of fused-ring (bicyclic) bond motifs is 5. The van der Waals surface area contributed by atoms with E-state index >= 15 is 0 Å². The molecule has 0 heterocycles. The van der Waals surface area contributed by atoms with Gasteiger partial charge in [-0.2, -0.15) is 0 Å². The van der Waals surface area contributed by atoms with Crippen molar-refractivity contribution in [2.24, 2.45) is 34.5 Å². The SMILES string of the molecule is CC1(O)CC[C@H]2[C@@H]3C(CCCCCCCCCSc4ccccc4)CC4=CC(=O)CC[C@]4(C)[C@@H]3CC[C@@]21C. The largest absolute Gasteiger partial charge is 0.390 e. The average Bonchev–Trinajstić information content (AvgIpc) is 3.15. The van der Waals surface area contributed by atoms with Gasteiger partial charge in [0.25, 0.3) is 0 Å². The second-order valence-corrected chi connectivity index (χ2v) is 15.2. The number of rotatable bonds is 11. The lowest BCUT2D eigenvalue weighted by Gasteiger charge is -2.61. The lowest BCUT2D eigenvalue weighted by molar-refractivity contribution is -0.135. The number of allylic oxidation sites excluding steroid dienone is 1. The molecule has 210 valence electrons. The van der Waals surface area contributed by atoms with Gasteiger partial charge in [0.05, 0.1) is 5.60 Å². The minimum atomic E-state index is -0.521. The second-order valence-electron chi connectivity index (χ2n) is 14.0. The van der Waals surface area contributed by atoms with Crippen molar-refractivity contribution in [3.8, 4) is 0 Å².